The highest BCUT2D eigenvalue weighted by molar-refractivity contribution is 5.38. The third-order valence-corrected chi connectivity index (χ3v) is 3.65. The normalized spacial score (nSPS) is 24.5. The Morgan fingerprint density at radius 1 is 1.20 bits per heavy atom. The SMILES string of the molecule is Fc1cc([C@@H]2CCCN2)cc2c1CCC2. The average Bonchev–Trinajstić information content (AvgIpc) is 2.88. The molecule has 0 aromatic heterocycles. The summed E-state index contributed by atoms with van der Waals surface area (Å²) in [4.78, 5) is 0. The molecule has 1 aliphatic heterocycles. The van der Waals surface area contributed by atoms with Gasteiger partial charge >= 0.3 is 0 Å². The third kappa shape index (κ3) is 1.57. The Hall–Kier alpha value is -0.890. The van der Waals surface area contributed by atoms with Gasteiger partial charge in [-0.05, 0) is 61.4 Å². The second kappa shape index (κ2) is 3.60. The fourth-order valence-electron chi connectivity index (χ4n) is 2.85. The van der Waals surface area contributed by atoms with Crippen molar-refractivity contribution in [3.8, 4) is 0 Å². The summed E-state index contributed by atoms with van der Waals surface area (Å²) in [5, 5.41) is 3.42. The molecule has 1 nitrogen and oxygen atoms in total. The number of benzene rings is 1. The summed E-state index contributed by atoms with van der Waals surface area (Å²) in [5.74, 6) is 0.0219. The molecule has 0 amide bonds. The summed E-state index contributed by atoms with van der Waals surface area (Å²) < 4.78 is 13.8. The van der Waals surface area contributed by atoms with Crippen molar-refractivity contribution in [1.82, 2.24) is 5.32 Å². The van der Waals surface area contributed by atoms with E-state index in [4.69, 9.17) is 0 Å². The molecule has 0 spiro atoms. The van der Waals surface area contributed by atoms with Crippen LogP contribution in [0.5, 0.6) is 0 Å². The molecule has 0 saturated carbocycles. The number of fused-ring (bicyclic) bond motifs is 1. The van der Waals surface area contributed by atoms with Crippen LogP contribution >= 0.6 is 0 Å². The van der Waals surface area contributed by atoms with Crippen LogP contribution in [0.25, 0.3) is 0 Å². The van der Waals surface area contributed by atoms with Gasteiger partial charge in [-0.3, -0.25) is 0 Å². The summed E-state index contributed by atoms with van der Waals surface area (Å²) in [5.41, 5.74) is 3.38. The maximum absolute atomic E-state index is 13.8. The highest BCUT2D eigenvalue weighted by Crippen LogP contribution is 2.30. The molecule has 1 saturated heterocycles. The Bertz CT molecular complexity index is 380. The van der Waals surface area contributed by atoms with Gasteiger partial charge in [0.1, 0.15) is 5.82 Å². The predicted octanol–water partition coefficient (Wildman–Crippen LogP) is 2.74. The van der Waals surface area contributed by atoms with Gasteiger partial charge in [-0.1, -0.05) is 6.07 Å². The number of hydrogen-bond donors (Lipinski definition) is 1. The predicted molar refractivity (Wildman–Crippen MR) is 58.4 cm³/mol. The third-order valence-electron chi connectivity index (χ3n) is 3.65. The van der Waals surface area contributed by atoms with Crippen molar-refractivity contribution in [1.29, 1.82) is 0 Å². The number of halogens is 1. The quantitative estimate of drug-likeness (QED) is 0.743. The van der Waals surface area contributed by atoms with Crippen LogP contribution in [0, 0.1) is 5.82 Å². The zero-order valence-electron chi connectivity index (χ0n) is 8.85. The second-order valence-corrected chi connectivity index (χ2v) is 4.64. The summed E-state index contributed by atoms with van der Waals surface area (Å²) >= 11 is 0. The van der Waals surface area contributed by atoms with Gasteiger partial charge in [-0.15, -0.1) is 0 Å². The van der Waals surface area contributed by atoms with Gasteiger partial charge in [0.15, 0.2) is 0 Å². The second-order valence-electron chi connectivity index (χ2n) is 4.64. The summed E-state index contributed by atoms with van der Waals surface area (Å²) in [7, 11) is 0. The standard InChI is InChI=1S/C13H16FN/c14-12-8-10(13-5-2-6-15-13)7-9-3-1-4-11(9)12/h7-8,13,15H,1-6H2/t13-/m0/s1. The largest absolute Gasteiger partial charge is 0.310 e. The molecular formula is C13H16FN. The van der Waals surface area contributed by atoms with Crippen LogP contribution in [0.15, 0.2) is 12.1 Å². The molecule has 1 aromatic carbocycles. The molecule has 0 radical (unpaired) electrons. The van der Waals surface area contributed by atoms with E-state index in [9.17, 15) is 4.39 Å². The van der Waals surface area contributed by atoms with E-state index in [0.29, 0.717) is 6.04 Å². The van der Waals surface area contributed by atoms with Gasteiger partial charge in [0.2, 0.25) is 0 Å². The molecular weight excluding hydrogens is 189 g/mol. The zero-order chi connectivity index (χ0) is 10.3. The smallest absolute Gasteiger partial charge is 0.127 e. The van der Waals surface area contributed by atoms with Crippen molar-refractivity contribution >= 4 is 0 Å². The molecule has 2 heteroatoms. The van der Waals surface area contributed by atoms with Gasteiger partial charge in [0.25, 0.3) is 0 Å². The van der Waals surface area contributed by atoms with Crippen molar-refractivity contribution in [2.24, 2.45) is 0 Å². The van der Waals surface area contributed by atoms with Gasteiger partial charge in [-0.25, -0.2) is 4.39 Å². The molecule has 1 aliphatic carbocycles. The van der Waals surface area contributed by atoms with E-state index in [2.05, 4.69) is 11.4 Å². The minimum Gasteiger partial charge on any atom is -0.310 e. The first-order valence-corrected chi connectivity index (χ1v) is 5.89. The molecule has 1 atom stereocenters. The number of nitrogens with one attached hydrogen (secondary N) is 1. The van der Waals surface area contributed by atoms with Crippen molar-refractivity contribution < 1.29 is 4.39 Å². The van der Waals surface area contributed by atoms with E-state index < -0.39 is 0 Å². The van der Waals surface area contributed by atoms with Crippen molar-refractivity contribution in [2.75, 3.05) is 6.54 Å². The Morgan fingerprint density at radius 2 is 2.13 bits per heavy atom. The molecule has 1 aromatic rings. The van der Waals surface area contributed by atoms with E-state index >= 15 is 0 Å². The van der Waals surface area contributed by atoms with Crippen LogP contribution in [0.1, 0.15) is 42.0 Å². The van der Waals surface area contributed by atoms with Crippen LogP contribution in [-0.4, -0.2) is 6.54 Å². The number of hydrogen-bond acceptors (Lipinski definition) is 1. The Balaban J connectivity index is 1.99. The first-order valence-electron chi connectivity index (χ1n) is 5.89. The van der Waals surface area contributed by atoms with Gasteiger partial charge in [-0.2, -0.15) is 0 Å². The molecule has 80 valence electrons. The molecule has 0 unspecified atom stereocenters. The highest BCUT2D eigenvalue weighted by Gasteiger charge is 2.21. The molecule has 3 rings (SSSR count). The maximum atomic E-state index is 13.8. The summed E-state index contributed by atoms with van der Waals surface area (Å²) in [6, 6.07) is 4.35. The average molecular weight is 205 g/mol. The first-order chi connectivity index (χ1) is 7.34. The van der Waals surface area contributed by atoms with Gasteiger partial charge < -0.3 is 5.32 Å². The Kier molecular flexibility index (Phi) is 2.24. The van der Waals surface area contributed by atoms with E-state index in [1.165, 1.54) is 12.0 Å². The van der Waals surface area contributed by atoms with E-state index in [-0.39, 0.29) is 5.82 Å². The zero-order valence-corrected chi connectivity index (χ0v) is 8.85. The van der Waals surface area contributed by atoms with Crippen LogP contribution in [0.3, 0.4) is 0 Å². The lowest BCUT2D eigenvalue weighted by Gasteiger charge is -2.13. The highest BCUT2D eigenvalue weighted by atomic mass is 19.1. The molecule has 1 heterocycles. The lowest BCUT2D eigenvalue weighted by molar-refractivity contribution is 0.595. The van der Waals surface area contributed by atoms with Crippen LogP contribution in [-0.2, 0) is 12.8 Å². The van der Waals surface area contributed by atoms with Crippen molar-refractivity contribution in [2.45, 2.75) is 38.1 Å². The fraction of sp³-hybridized carbons (Fsp3) is 0.538. The van der Waals surface area contributed by atoms with Crippen molar-refractivity contribution in [3.63, 3.8) is 0 Å². The molecule has 2 aliphatic rings. The molecule has 1 fully saturated rings. The Labute approximate surface area is 89.7 Å². The topological polar surface area (TPSA) is 12.0 Å². The van der Waals surface area contributed by atoms with Crippen LogP contribution < -0.4 is 5.32 Å². The van der Waals surface area contributed by atoms with Gasteiger partial charge in [0.05, 0.1) is 0 Å². The minimum atomic E-state index is 0.0219. The summed E-state index contributed by atoms with van der Waals surface area (Å²) in [6.45, 7) is 1.07. The van der Waals surface area contributed by atoms with Crippen LogP contribution in [0.4, 0.5) is 4.39 Å². The lowest BCUT2D eigenvalue weighted by atomic mass is 9.99. The lowest BCUT2D eigenvalue weighted by Crippen LogP contribution is -2.13. The fourth-order valence-corrected chi connectivity index (χ4v) is 2.85. The van der Waals surface area contributed by atoms with Crippen molar-refractivity contribution in [3.05, 3.63) is 34.6 Å². The van der Waals surface area contributed by atoms with E-state index in [1.54, 1.807) is 6.07 Å². The maximum Gasteiger partial charge on any atom is 0.127 e. The Morgan fingerprint density at radius 3 is 2.93 bits per heavy atom. The summed E-state index contributed by atoms with van der Waals surface area (Å²) in [6.07, 6.45) is 5.47. The minimum absolute atomic E-state index is 0.0219. The van der Waals surface area contributed by atoms with Gasteiger partial charge in [0, 0.05) is 6.04 Å². The first kappa shape index (κ1) is 9.34. The van der Waals surface area contributed by atoms with E-state index in [1.807, 2.05) is 0 Å². The molecule has 15 heavy (non-hydrogen) atoms. The number of rotatable bonds is 1. The van der Waals surface area contributed by atoms with E-state index in [0.717, 1.165) is 43.4 Å². The number of aryl methyl sites for hydroxylation is 1. The molecule has 1 N–H and O–H groups in total. The molecule has 0 bridgehead atoms. The monoisotopic (exact) mass is 205 g/mol. The van der Waals surface area contributed by atoms with Crippen LogP contribution in [0.2, 0.25) is 0 Å².